The molecule has 0 aromatic carbocycles. The van der Waals surface area contributed by atoms with Gasteiger partial charge in [0, 0.05) is 12.6 Å². The van der Waals surface area contributed by atoms with Gasteiger partial charge in [-0.3, -0.25) is 4.79 Å². The second-order valence-corrected chi connectivity index (χ2v) is 7.08. The Labute approximate surface area is 124 Å². The molecule has 3 atom stereocenters. The number of nitrogens with one attached hydrogen (secondary N) is 1. The largest absolute Gasteiger partial charge is 0.353 e. The van der Waals surface area contributed by atoms with Crippen LogP contribution in [-0.4, -0.2) is 18.5 Å². The van der Waals surface area contributed by atoms with E-state index in [1.807, 2.05) is 0 Å². The molecule has 0 aromatic heterocycles. The van der Waals surface area contributed by atoms with Crippen LogP contribution in [0.2, 0.25) is 0 Å². The number of rotatable bonds is 4. The zero-order chi connectivity index (χ0) is 14.6. The lowest BCUT2D eigenvalue weighted by Crippen LogP contribution is -2.50. The summed E-state index contributed by atoms with van der Waals surface area (Å²) in [6.45, 7) is 5.07. The summed E-state index contributed by atoms with van der Waals surface area (Å²) in [4.78, 5) is 12.8. The Morgan fingerprint density at radius 1 is 1.20 bits per heavy atom. The summed E-state index contributed by atoms with van der Waals surface area (Å²) in [5.41, 5.74) is 5.73. The highest BCUT2D eigenvalue weighted by molar-refractivity contribution is 5.83. The molecule has 0 aromatic rings. The number of carbonyl (C=O) groups excluding carboxylic acids is 1. The van der Waals surface area contributed by atoms with Gasteiger partial charge in [-0.05, 0) is 37.5 Å². The molecule has 3 nitrogen and oxygen atoms in total. The number of carbonyl (C=O) groups is 1. The van der Waals surface area contributed by atoms with Gasteiger partial charge in [0.1, 0.15) is 0 Å². The van der Waals surface area contributed by atoms with Crippen LogP contribution >= 0.6 is 0 Å². The summed E-state index contributed by atoms with van der Waals surface area (Å²) in [7, 11) is 0. The van der Waals surface area contributed by atoms with Gasteiger partial charge in [0.15, 0.2) is 0 Å². The van der Waals surface area contributed by atoms with Crippen molar-refractivity contribution in [2.24, 2.45) is 23.0 Å². The van der Waals surface area contributed by atoms with Crippen molar-refractivity contribution in [3.05, 3.63) is 0 Å². The standard InChI is InChI=1S/C17H32N2O/c1-3-14-8-9-15(13(14)2)19-16(20)17(12-18)10-6-4-5-7-11-17/h13-15H,3-12,18H2,1-2H3,(H,19,20). The Bertz CT molecular complexity index is 321. The van der Waals surface area contributed by atoms with Crippen molar-refractivity contribution in [3.63, 3.8) is 0 Å². The molecule has 116 valence electrons. The van der Waals surface area contributed by atoms with Crippen molar-refractivity contribution in [2.45, 2.75) is 77.7 Å². The topological polar surface area (TPSA) is 55.1 Å². The van der Waals surface area contributed by atoms with Crippen LogP contribution in [0.3, 0.4) is 0 Å². The highest BCUT2D eigenvalue weighted by Crippen LogP contribution is 2.37. The lowest BCUT2D eigenvalue weighted by Gasteiger charge is -2.32. The fourth-order valence-electron chi connectivity index (χ4n) is 4.28. The van der Waals surface area contributed by atoms with E-state index in [0.29, 0.717) is 18.5 Å². The van der Waals surface area contributed by atoms with Crippen molar-refractivity contribution in [3.8, 4) is 0 Å². The average Bonchev–Trinajstić information content (AvgIpc) is 2.69. The van der Waals surface area contributed by atoms with E-state index < -0.39 is 0 Å². The van der Waals surface area contributed by atoms with Crippen molar-refractivity contribution in [1.82, 2.24) is 5.32 Å². The summed E-state index contributed by atoms with van der Waals surface area (Å²) in [6.07, 6.45) is 10.4. The molecule has 0 spiro atoms. The number of nitrogens with two attached hydrogens (primary N) is 1. The molecule has 0 aliphatic heterocycles. The monoisotopic (exact) mass is 280 g/mol. The van der Waals surface area contributed by atoms with E-state index in [2.05, 4.69) is 19.2 Å². The molecular formula is C17H32N2O. The summed E-state index contributed by atoms with van der Waals surface area (Å²) < 4.78 is 0. The van der Waals surface area contributed by atoms with Gasteiger partial charge < -0.3 is 11.1 Å². The third-order valence-electron chi connectivity index (χ3n) is 6.00. The van der Waals surface area contributed by atoms with Gasteiger partial charge in [0.25, 0.3) is 0 Å². The van der Waals surface area contributed by atoms with E-state index in [4.69, 9.17) is 5.73 Å². The van der Waals surface area contributed by atoms with E-state index in [1.165, 1.54) is 25.7 Å². The molecule has 1 amide bonds. The van der Waals surface area contributed by atoms with Crippen molar-refractivity contribution < 1.29 is 4.79 Å². The molecule has 20 heavy (non-hydrogen) atoms. The summed E-state index contributed by atoms with van der Waals surface area (Å²) >= 11 is 0. The summed E-state index contributed by atoms with van der Waals surface area (Å²) in [6, 6.07) is 0.374. The van der Waals surface area contributed by atoms with Gasteiger partial charge in [-0.25, -0.2) is 0 Å². The molecule has 3 heteroatoms. The Balaban J connectivity index is 1.99. The van der Waals surface area contributed by atoms with Gasteiger partial charge in [-0.15, -0.1) is 0 Å². The molecule has 0 saturated heterocycles. The maximum absolute atomic E-state index is 12.8. The number of amides is 1. The van der Waals surface area contributed by atoms with E-state index in [9.17, 15) is 4.79 Å². The smallest absolute Gasteiger partial charge is 0.227 e. The maximum Gasteiger partial charge on any atom is 0.227 e. The van der Waals surface area contributed by atoms with Crippen molar-refractivity contribution >= 4 is 5.91 Å². The molecule has 3 unspecified atom stereocenters. The number of hydrogen-bond acceptors (Lipinski definition) is 2. The molecule has 0 radical (unpaired) electrons. The first-order valence-electron chi connectivity index (χ1n) is 8.64. The van der Waals surface area contributed by atoms with E-state index in [-0.39, 0.29) is 11.3 Å². The fraction of sp³-hybridized carbons (Fsp3) is 0.941. The van der Waals surface area contributed by atoms with Crippen LogP contribution in [0.4, 0.5) is 0 Å². The van der Waals surface area contributed by atoms with Crippen LogP contribution in [-0.2, 0) is 4.79 Å². The van der Waals surface area contributed by atoms with Crippen LogP contribution in [0.25, 0.3) is 0 Å². The quantitative estimate of drug-likeness (QED) is 0.777. The van der Waals surface area contributed by atoms with Gasteiger partial charge in [-0.2, -0.15) is 0 Å². The van der Waals surface area contributed by atoms with Crippen molar-refractivity contribution in [1.29, 1.82) is 0 Å². The zero-order valence-electron chi connectivity index (χ0n) is 13.3. The minimum Gasteiger partial charge on any atom is -0.353 e. The molecule has 0 bridgehead atoms. The molecule has 2 rings (SSSR count). The average molecular weight is 280 g/mol. The Hall–Kier alpha value is -0.570. The van der Waals surface area contributed by atoms with Crippen LogP contribution < -0.4 is 11.1 Å². The van der Waals surface area contributed by atoms with E-state index in [1.54, 1.807) is 0 Å². The van der Waals surface area contributed by atoms with Gasteiger partial charge in [0.2, 0.25) is 5.91 Å². The minimum atomic E-state index is -0.277. The summed E-state index contributed by atoms with van der Waals surface area (Å²) in [5.74, 6) is 1.64. The first kappa shape index (κ1) is 15.8. The number of hydrogen-bond donors (Lipinski definition) is 2. The Morgan fingerprint density at radius 2 is 1.85 bits per heavy atom. The van der Waals surface area contributed by atoms with Gasteiger partial charge in [-0.1, -0.05) is 46.0 Å². The SMILES string of the molecule is CCC1CCC(NC(=O)C2(CN)CCCCCC2)C1C. The zero-order valence-corrected chi connectivity index (χ0v) is 13.3. The second-order valence-electron chi connectivity index (χ2n) is 7.08. The third kappa shape index (κ3) is 3.19. The summed E-state index contributed by atoms with van der Waals surface area (Å²) in [5, 5.41) is 3.36. The van der Waals surface area contributed by atoms with Crippen LogP contribution in [0.1, 0.15) is 71.6 Å². The van der Waals surface area contributed by atoms with E-state index in [0.717, 1.165) is 38.0 Å². The normalized spacial score (nSPS) is 33.6. The molecule has 2 saturated carbocycles. The third-order valence-corrected chi connectivity index (χ3v) is 6.00. The van der Waals surface area contributed by atoms with Crippen LogP contribution in [0.5, 0.6) is 0 Å². The predicted octanol–water partition coefficient (Wildman–Crippen LogP) is 3.23. The van der Waals surface area contributed by atoms with Crippen molar-refractivity contribution in [2.75, 3.05) is 6.54 Å². The van der Waals surface area contributed by atoms with Gasteiger partial charge >= 0.3 is 0 Å². The fourth-order valence-corrected chi connectivity index (χ4v) is 4.28. The first-order chi connectivity index (χ1) is 9.63. The molecular weight excluding hydrogens is 248 g/mol. The highest BCUT2D eigenvalue weighted by Gasteiger charge is 2.40. The highest BCUT2D eigenvalue weighted by atomic mass is 16.2. The van der Waals surface area contributed by atoms with Crippen LogP contribution in [0.15, 0.2) is 0 Å². The van der Waals surface area contributed by atoms with E-state index >= 15 is 0 Å². The van der Waals surface area contributed by atoms with Crippen LogP contribution in [0, 0.1) is 17.3 Å². The van der Waals surface area contributed by atoms with Gasteiger partial charge in [0.05, 0.1) is 5.41 Å². The lowest BCUT2D eigenvalue weighted by molar-refractivity contribution is -0.132. The lowest BCUT2D eigenvalue weighted by atomic mass is 9.79. The minimum absolute atomic E-state index is 0.246. The molecule has 2 fully saturated rings. The molecule has 3 N–H and O–H groups in total. The molecule has 2 aliphatic rings. The first-order valence-corrected chi connectivity index (χ1v) is 8.64. The Kier molecular flexibility index (Phi) is 5.48. The predicted molar refractivity (Wildman–Crippen MR) is 83.3 cm³/mol. The Morgan fingerprint density at radius 3 is 2.35 bits per heavy atom. The maximum atomic E-state index is 12.8. The molecule has 0 heterocycles. The molecule has 2 aliphatic carbocycles. The second kappa shape index (κ2) is 6.93.